The lowest BCUT2D eigenvalue weighted by Gasteiger charge is -2.27. The van der Waals surface area contributed by atoms with Gasteiger partial charge < -0.3 is 5.11 Å². The Hall–Kier alpha value is 0.660. The van der Waals surface area contributed by atoms with Gasteiger partial charge in [0.15, 0.2) is 0 Å². The SMILES string of the molecule is CC1SCC(O)SC1C. The van der Waals surface area contributed by atoms with E-state index in [1.165, 1.54) is 0 Å². The Morgan fingerprint density at radius 2 is 2.00 bits per heavy atom. The second-order valence-corrected chi connectivity index (χ2v) is 5.30. The minimum absolute atomic E-state index is 0.124. The fraction of sp³-hybridized carbons (Fsp3) is 1.00. The summed E-state index contributed by atoms with van der Waals surface area (Å²) < 4.78 is 0. The molecule has 1 heterocycles. The molecule has 0 amide bonds. The number of hydrogen-bond donors (Lipinski definition) is 1. The molecule has 1 N–H and O–H groups in total. The highest BCUT2D eigenvalue weighted by atomic mass is 32.2. The molecule has 1 fully saturated rings. The molecule has 0 spiro atoms. The lowest BCUT2D eigenvalue weighted by molar-refractivity contribution is 0.286. The monoisotopic (exact) mass is 164 g/mol. The zero-order valence-corrected chi connectivity index (χ0v) is 7.34. The van der Waals surface area contributed by atoms with Crippen molar-refractivity contribution in [3.8, 4) is 0 Å². The normalized spacial score (nSPS) is 45.0. The van der Waals surface area contributed by atoms with Gasteiger partial charge in [-0.3, -0.25) is 0 Å². The van der Waals surface area contributed by atoms with Crippen molar-refractivity contribution in [1.29, 1.82) is 0 Å². The fourth-order valence-corrected chi connectivity index (χ4v) is 3.20. The fourth-order valence-electron chi connectivity index (χ4n) is 0.767. The molecule has 0 saturated carbocycles. The highest BCUT2D eigenvalue weighted by Crippen LogP contribution is 2.33. The second kappa shape index (κ2) is 3.17. The summed E-state index contributed by atoms with van der Waals surface area (Å²) >= 11 is 3.55. The van der Waals surface area contributed by atoms with Crippen molar-refractivity contribution >= 4 is 23.5 Å². The lowest BCUT2D eigenvalue weighted by Crippen LogP contribution is -2.25. The van der Waals surface area contributed by atoms with E-state index in [0.717, 1.165) is 5.75 Å². The van der Waals surface area contributed by atoms with Gasteiger partial charge in [-0.1, -0.05) is 13.8 Å². The maximum absolute atomic E-state index is 9.14. The van der Waals surface area contributed by atoms with Crippen LogP contribution in [-0.4, -0.2) is 26.8 Å². The smallest absolute Gasteiger partial charge is 0.109 e. The van der Waals surface area contributed by atoms with Crippen LogP contribution in [0.25, 0.3) is 0 Å². The summed E-state index contributed by atoms with van der Waals surface area (Å²) in [5, 5.41) is 10.5. The first-order valence-corrected chi connectivity index (χ1v) is 5.14. The van der Waals surface area contributed by atoms with E-state index in [1.807, 2.05) is 11.8 Å². The predicted octanol–water partition coefficient (Wildman–Crippen LogP) is 1.56. The highest BCUT2D eigenvalue weighted by Gasteiger charge is 2.23. The maximum Gasteiger partial charge on any atom is 0.109 e. The van der Waals surface area contributed by atoms with E-state index >= 15 is 0 Å². The van der Waals surface area contributed by atoms with Gasteiger partial charge in [0.1, 0.15) is 5.44 Å². The molecular formula is C6H12OS2. The summed E-state index contributed by atoms with van der Waals surface area (Å²) in [5.41, 5.74) is -0.124. The van der Waals surface area contributed by atoms with Crippen molar-refractivity contribution in [2.24, 2.45) is 0 Å². The van der Waals surface area contributed by atoms with Crippen LogP contribution in [0.3, 0.4) is 0 Å². The van der Waals surface area contributed by atoms with Crippen molar-refractivity contribution in [2.45, 2.75) is 29.8 Å². The number of rotatable bonds is 0. The van der Waals surface area contributed by atoms with E-state index in [2.05, 4.69) is 13.8 Å². The molecule has 1 rings (SSSR count). The third kappa shape index (κ3) is 2.06. The number of thioether (sulfide) groups is 2. The molecule has 3 heteroatoms. The Morgan fingerprint density at radius 1 is 1.33 bits per heavy atom. The van der Waals surface area contributed by atoms with E-state index in [0.29, 0.717) is 10.5 Å². The highest BCUT2D eigenvalue weighted by molar-refractivity contribution is 8.07. The summed E-state index contributed by atoms with van der Waals surface area (Å²) in [6.07, 6.45) is 0. The molecule has 1 aliphatic rings. The van der Waals surface area contributed by atoms with Gasteiger partial charge in [0.25, 0.3) is 0 Å². The van der Waals surface area contributed by atoms with Gasteiger partial charge in [-0.15, -0.1) is 11.8 Å². The van der Waals surface area contributed by atoms with Crippen molar-refractivity contribution in [3.05, 3.63) is 0 Å². The molecular weight excluding hydrogens is 152 g/mol. The van der Waals surface area contributed by atoms with Crippen LogP contribution in [0.15, 0.2) is 0 Å². The van der Waals surface area contributed by atoms with Crippen molar-refractivity contribution < 1.29 is 5.11 Å². The zero-order chi connectivity index (χ0) is 6.85. The summed E-state index contributed by atoms with van der Waals surface area (Å²) in [5.74, 6) is 0.899. The molecule has 54 valence electrons. The molecule has 0 aliphatic carbocycles. The number of aliphatic hydroxyl groups excluding tert-OH is 1. The molecule has 1 saturated heterocycles. The van der Waals surface area contributed by atoms with Gasteiger partial charge in [-0.2, -0.15) is 11.8 Å². The van der Waals surface area contributed by atoms with Crippen LogP contribution in [-0.2, 0) is 0 Å². The largest absolute Gasteiger partial charge is 0.382 e. The van der Waals surface area contributed by atoms with Gasteiger partial charge in [-0.25, -0.2) is 0 Å². The third-order valence-corrected chi connectivity index (χ3v) is 4.68. The first-order valence-electron chi connectivity index (χ1n) is 3.15. The lowest BCUT2D eigenvalue weighted by atomic mass is 10.4. The Kier molecular flexibility index (Phi) is 2.73. The molecule has 9 heavy (non-hydrogen) atoms. The van der Waals surface area contributed by atoms with Gasteiger partial charge in [0, 0.05) is 16.3 Å². The molecule has 0 aromatic heterocycles. The molecule has 0 bridgehead atoms. The number of aliphatic hydroxyl groups is 1. The zero-order valence-electron chi connectivity index (χ0n) is 5.70. The third-order valence-electron chi connectivity index (χ3n) is 1.53. The first kappa shape index (κ1) is 7.76. The van der Waals surface area contributed by atoms with Crippen LogP contribution < -0.4 is 0 Å². The Morgan fingerprint density at radius 3 is 2.44 bits per heavy atom. The standard InChI is InChI=1S/C6H12OS2/c1-4-5(2)9-6(7)3-8-4/h4-7H,3H2,1-2H3. The van der Waals surface area contributed by atoms with Crippen molar-refractivity contribution in [1.82, 2.24) is 0 Å². The maximum atomic E-state index is 9.14. The molecule has 0 aromatic rings. The van der Waals surface area contributed by atoms with Gasteiger partial charge >= 0.3 is 0 Å². The van der Waals surface area contributed by atoms with Crippen LogP contribution in [0.1, 0.15) is 13.8 Å². The molecule has 0 aromatic carbocycles. The molecule has 3 unspecified atom stereocenters. The minimum atomic E-state index is -0.124. The van der Waals surface area contributed by atoms with Crippen LogP contribution in [0, 0.1) is 0 Å². The average molecular weight is 164 g/mol. The quantitative estimate of drug-likeness (QED) is 0.587. The summed E-state index contributed by atoms with van der Waals surface area (Å²) in [6, 6.07) is 0. The summed E-state index contributed by atoms with van der Waals surface area (Å²) in [7, 11) is 0. The second-order valence-electron chi connectivity index (χ2n) is 2.33. The van der Waals surface area contributed by atoms with E-state index in [9.17, 15) is 0 Å². The first-order chi connectivity index (χ1) is 4.20. The molecule has 1 aliphatic heterocycles. The minimum Gasteiger partial charge on any atom is -0.382 e. The topological polar surface area (TPSA) is 20.2 Å². The molecule has 1 nitrogen and oxygen atoms in total. The van der Waals surface area contributed by atoms with Crippen LogP contribution in [0.4, 0.5) is 0 Å². The molecule has 0 radical (unpaired) electrons. The summed E-state index contributed by atoms with van der Waals surface area (Å²) in [4.78, 5) is 0. The van der Waals surface area contributed by atoms with Gasteiger partial charge in [0.05, 0.1) is 0 Å². The predicted molar refractivity (Wildman–Crippen MR) is 45.0 cm³/mol. The van der Waals surface area contributed by atoms with Crippen LogP contribution >= 0.6 is 23.5 Å². The Balaban J connectivity index is 2.35. The van der Waals surface area contributed by atoms with E-state index in [-0.39, 0.29) is 5.44 Å². The Labute approximate surface area is 64.6 Å². The van der Waals surface area contributed by atoms with Crippen LogP contribution in [0.2, 0.25) is 0 Å². The molecule has 3 atom stereocenters. The van der Waals surface area contributed by atoms with Gasteiger partial charge in [0.2, 0.25) is 0 Å². The van der Waals surface area contributed by atoms with Crippen molar-refractivity contribution in [3.63, 3.8) is 0 Å². The number of hydrogen-bond acceptors (Lipinski definition) is 3. The van der Waals surface area contributed by atoms with E-state index in [4.69, 9.17) is 5.11 Å². The van der Waals surface area contributed by atoms with Crippen LogP contribution in [0.5, 0.6) is 0 Å². The van der Waals surface area contributed by atoms with Gasteiger partial charge in [-0.05, 0) is 0 Å². The van der Waals surface area contributed by atoms with E-state index < -0.39 is 0 Å². The van der Waals surface area contributed by atoms with E-state index in [1.54, 1.807) is 11.8 Å². The van der Waals surface area contributed by atoms with Crippen molar-refractivity contribution in [2.75, 3.05) is 5.75 Å². The Bertz CT molecular complexity index is 97.1. The average Bonchev–Trinajstić information content (AvgIpc) is 1.80. The summed E-state index contributed by atoms with van der Waals surface area (Å²) in [6.45, 7) is 4.39.